The van der Waals surface area contributed by atoms with E-state index in [0.717, 1.165) is 81.6 Å². The quantitative estimate of drug-likeness (QED) is 0.170. The van der Waals surface area contributed by atoms with E-state index in [0.29, 0.717) is 39.0 Å². The maximum Gasteiger partial charge on any atom is 0.303 e. The summed E-state index contributed by atoms with van der Waals surface area (Å²) in [6, 6.07) is -3.01. The van der Waals surface area contributed by atoms with Crippen molar-refractivity contribution < 1.29 is 37.1 Å². The number of carbonyl (C=O) groups excluding carboxylic acids is 5. The average Bonchev–Trinajstić information content (AvgIpc) is 3.73. The molecule has 3 heterocycles. The molecule has 4 aliphatic carbocycles. The maximum atomic E-state index is 15.4. The SMILES string of the molecule is C=C[C@@H]1C[C@]1(NC(=O)[C@@H]1C[C@@]2(CN1C(=O)[C@@H](NC(=O)[C@@H](NC(=O)[C@@H]1CCCN1CC)C1CCCCC1)C1CCOCC1)C(C)(C)C21CCC1)C(=O)NS(=O)(=O)N(CC)CC. The normalized spacial score (nSPS) is 32.2. The number of carbonyl (C=O) groups is 5. The van der Waals surface area contributed by atoms with Crippen LogP contribution in [0.1, 0.15) is 125 Å². The van der Waals surface area contributed by atoms with Gasteiger partial charge >= 0.3 is 10.2 Å². The number of nitrogens with zero attached hydrogens (tertiary/aromatic N) is 3. The first-order chi connectivity index (χ1) is 28.6. The molecule has 336 valence electrons. The summed E-state index contributed by atoms with van der Waals surface area (Å²) in [5.41, 5.74) is -2.05. The van der Waals surface area contributed by atoms with Gasteiger partial charge in [-0.3, -0.25) is 28.9 Å². The molecule has 2 spiro atoms. The molecule has 4 saturated carbocycles. The van der Waals surface area contributed by atoms with Crippen LogP contribution in [0.2, 0.25) is 0 Å². The summed E-state index contributed by atoms with van der Waals surface area (Å²) in [5, 5.41) is 9.36. The van der Waals surface area contributed by atoms with E-state index in [1.165, 1.54) is 0 Å². The minimum Gasteiger partial charge on any atom is -0.381 e. The highest BCUT2D eigenvalue weighted by Crippen LogP contribution is 2.88. The maximum absolute atomic E-state index is 15.4. The highest BCUT2D eigenvalue weighted by molar-refractivity contribution is 7.87. The fraction of sp³-hybridized carbons (Fsp3) is 0.841. The minimum absolute atomic E-state index is 0.0237. The van der Waals surface area contributed by atoms with Gasteiger partial charge in [-0.25, -0.2) is 4.72 Å². The molecule has 0 radical (unpaired) electrons. The number of fused-ring (bicyclic) bond motifs is 1. The van der Waals surface area contributed by atoms with Crippen LogP contribution in [-0.4, -0.2) is 128 Å². The van der Waals surface area contributed by atoms with Gasteiger partial charge in [-0.05, 0) is 100.0 Å². The summed E-state index contributed by atoms with van der Waals surface area (Å²) >= 11 is 0. The van der Waals surface area contributed by atoms with E-state index in [2.05, 4.69) is 46.0 Å². The van der Waals surface area contributed by atoms with E-state index in [1.807, 2.05) is 6.92 Å². The Morgan fingerprint density at radius 2 is 1.48 bits per heavy atom. The van der Waals surface area contributed by atoms with Crippen LogP contribution in [0.25, 0.3) is 0 Å². The van der Waals surface area contributed by atoms with E-state index in [4.69, 9.17) is 4.74 Å². The highest BCUT2D eigenvalue weighted by Gasteiger charge is 2.85. The number of likely N-dealkylation sites (N-methyl/N-ethyl adjacent to an activating group) is 1. The Kier molecular flexibility index (Phi) is 12.9. The lowest BCUT2D eigenvalue weighted by molar-refractivity contribution is -0.145. The van der Waals surface area contributed by atoms with Crippen LogP contribution in [-0.2, 0) is 38.9 Å². The minimum atomic E-state index is -4.17. The van der Waals surface area contributed by atoms with Crippen molar-refractivity contribution in [2.24, 2.45) is 34.0 Å². The molecule has 7 rings (SSSR count). The highest BCUT2D eigenvalue weighted by atomic mass is 32.2. The fourth-order valence-corrected chi connectivity index (χ4v) is 13.9. The van der Waals surface area contributed by atoms with Gasteiger partial charge in [0, 0.05) is 44.2 Å². The third-order valence-corrected chi connectivity index (χ3v) is 18.4. The van der Waals surface area contributed by atoms with Gasteiger partial charge in [0.05, 0.1) is 6.04 Å². The monoisotopic (exact) mass is 858 g/mol. The van der Waals surface area contributed by atoms with E-state index >= 15 is 4.79 Å². The molecular weight excluding hydrogens is 787 g/mol. The molecular formula is C44H71N7O8S. The van der Waals surface area contributed by atoms with Crippen molar-refractivity contribution in [3.05, 3.63) is 12.7 Å². The lowest BCUT2D eigenvalue weighted by atomic mass is 9.73. The van der Waals surface area contributed by atoms with Gasteiger partial charge in [-0.1, -0.05) is 66.4 Å². The molecule has 16 heteroatoms. The second-order valence-corrected chi connectivity index (χ2v) is 21.1. The summed E-state index contributed by atoms with van der Waals surface area (Å²) in [6.07, 6.45) is 12.6. The molecule has 3 saturated heterocycles. The Labute approximate surface area is 357 Å². The smallest absolute Gasteiger partial charge is 0.303 e. The van der Waals surface area contributed by atoms with Crippen molar-refractivity contribution in [2.45, 2.75) is 154 Å². The van der Waals surface area contributed by atoms with Gasteiger partial charge in [0.1, 0.15) is 23.7 Å². The molecule has 7 aliphatic rings. The Bertz CT molecular complexity index is 1790. The first kappa shape index (κ1) is 45.0. The number of likely N-dealkylation sites (tertiary alicyclic amines) is 2. The number of amides is 5. The molecule has 0 aromatic heterocycles. The molecule has 7 atom stereocenters. The summed E-state index contributed by atoms with van der Waals surface area (Å²) in [7, 11) is -4.17. The van der Waals surface area contributed by atoms with Crippen LogP contribution in [0.15, 0.2) is 12.7 Å². The first-order valence-electron chi connectivity index (χ1n) is 23.1. The van der Waals surface area contributed by atoms with Crippen LogP contribution in [0.5, 0.6) is 0 Å². The zero-order valence-electron chi connectivity index (χ0n) is 36.7. The van der Waals surface area contributed by atoms with Crippen molar-refractivity contribution >= 4 is 39.7 Å². The Hall–Kier alpha value is -3.08. The molecule has 0 aromatic carbocycles. The Morgan fingerprint density at radius 3 is 2.05 bits per heavy atom. The molecule has 15 nitrogen and oxygen atoms in total. The Morgan fingerprint density at radius 1 is 0.817 bits per heavy atom. The van der Waals surface area contributed by atoms with Crippen LogP contribution in [0, 0.1) is 34.0 Å². The average molecular weight is 858 g/mol. The first-order valence-corrected chi connectivity index (χ1v) is 24.5. The molecule has 0 aromatic rings. The summed E-state index contributed by atoms with van der Waals surface area (Å²) < 4.78 is 35.4. The van der Waals surface area contributed by atoms with Gasteiger partial charge in [-0.2, -0.15) is 12.7 Å². The van der Waals surface area contributed by atoms with Crippen molar-refractivity contribution in [1.82, 2.24) is 34.8 Å². The van der Waals surface area contributed by atoms with Crippen molar-refractivity contribution in [2.75, 3.05) is 45.9 Å². The molecule has 4 N–H and O–H groups in total. The standard InChI is InChI=1S/C44H71N7O8S/c1-7-31-26-44(31,40(56)48-60(57,58)50(9-3)10-4)47-37(53)33-27-43(41(5,6)42(43)21-15-22-42)28-51(33)39(55)35(30-19-24-59-25-20-30)46-38(54)34(29-16-12-11-13-17-29)45-36(52)32-18-14-23-49(32)8-2/h7,29-35H,1,8-28H2,2-6H3,(H,45,52)(H,46,54)(H,47,53)(H,48,56)/t31-,32+,33+,34+,35+,43-,44-/m1/s1. The second kappa shape index (κ2) is 17.2. The lowest BCUT2D eigenvalue weighted by Crippen LogP contribution is -2.62. The summed E-state index contributed by atoms with van der Waals surface area (Å²) in [6.45, 7) is 16.9. The fourth-order valence-electron chi connectivity index (χ4n) is 12.7. The van der Waals surface area contributed by atoms with Crippen molar-refractivity contribution in [3.63, 3.8) is 0 Å². The Balaban J connectivity index is 1.18. The predicted octanol–water partition coefficient (Wildman–Crippen LogP) is 3.01. The van der Waals surface area contributed by atoms with E-state index in [9.17, 15) is 27.6 Å². The van der Waals surface area contributed by atoms with Crippen LogP contribution < -0.4 is 20.7 Å². The van der Waals surface area contributed by atoms with Crippen LogP contribution in [0.4, 0.5) is 0 Å². The van der Waals surface area contributed by atoms with E-state index in [-0.39, 0.29) is 71.4 Å². The van der Waals surface area contributed by atoms with Gasteiger partial charge in [0.15, 0.2) is 0 Å². The van der Waals surface area contributed by atoms with Gasteiger partial charge in [0.25, 0.3) is 5.91 Å². The van der Waals surface area contributed by atoms with Gasteiger partial charge < -0.3 is 25.6 Å². The second-order valence-electron chi connectivity index (χ2n) is 19.5. The zero-order chi connectivity index (χ0) is 43.3. The van der Waals surface area contributed by atoms with Crippen molar-refractivity contribution in [3.8, 4) is 0 Å². The summed E-state index contributed by atoms with van der Waals surface area (Å²) in [4.78, 5) is 76.6. The third-order valence-electron chi connectivity index (χ3n) is 16.8. The molecule has 0 bridgehead atoms. The number of nitrogens with one attached hydrogen (secondary N) is 4. The largest absolute Gasteiger partial charge is 0.381 e. The molecule has 60 heavy (non-hydrogen) atoms. The topological polar surface area (TPSA) is 187 Å². The number of ether oxygens (including phenoxy) is 1. The molecule has 7 fully saturated rings. The number of hydrogen-bond donors (Lipinski definition) is 4. The molecule has 0 unspecified atom stereocenters. The van der Waals surface area contributed by atoms with E-state index < -0.39 is 51.6 Å². The number of hydrogen-bond acceptors (Lipinski definition) is 9. The summed E-state index contributed by atoms with van der Waals surface area (Å²) in [5.74, 6) is -3.02. The lowest BCUT2D eigenvalue weighted by Gasteiger charge is -2.37. The van der Waals surface area contributed by atoms with Crippen molar-refractivity contribution in [1.29, 1.82) is 0 Å². The van der Waals surface area contributed by atoms with Gasteiger partial charge in [-0.15, -0.1) is 6.58 Å². The molecule has 3 aliphatic heterocycles. The molecule has 5 amide bonds. The van der Waals surface area contributed by atoms with Crippen LogP contribution in [0.3, 0.4) is 0 Å². The van der Waals surface area contributed by atoms with Crippen LogP contribution >= 0.6 is 0 Å². The van der Waals surface area contributed by atoms with Gasteiger partial charge in [0.2, 0.25) is 23.6 Å². The van der Waals surface area contributed by atoms with E-state index in [1.54, 1.807) is 24.8 Å². The predicted molar refractivity (Wildman–Crippen MR) is 226 cm³/mol. The third kappa shape index (κ3) is 7.60. The number of rotatable bonds is 16. The zero-order valence-corrected chi connectivity index (χ0v) is 37.5.